The van der Waals surface area contributed by atoms with Crippen LogP contribution < -0.4 is 4.74 Å². The van der Waals surface area contributed by atoms with Crippen molar-refractivity contribution >= 4 is 39.1 Å². The smallest absolute Gasteiger partial charge is 0.173 e. The number of fused-ring (bicyclic) bond motifs is 1. The molecule has 0 spiro atoms. The van der Waals surface area contributed by atoms with E-state index < -0.39 is 0 Å². The summed E-state index contributed by atoms with van der Waals surface area (Å²) < 4.78 is 5.11. The standard InChI is InChI=1S/C17H16N2O2S2/c1-3-13-8-14-16(18-10-19-17(14)23-13)22-9-15(20)11-4-6-12(21-2)7-5-11/h4-8,10H,3,9H2,1-2H3. The van der Waals surface area contributed by atoms with Crippen LogP contribution in [0, 0.1) is 0 Å². The third-order valence-corrected chi connectivity index (χ3v) is 5.64. The van der Waals surface area contributed by atoms with Crippen molar-refractivity contribution in [1.82, 2.24) is 9.97 Å². The van der Waals surface area contributed by atoms with Gasteiger partial charge in [-0.2, -0.15) is 0 Å². The zero-order chi connectivity index (χ0) is 16.2. The summed E-state index contributed by atoms with van der Waals surface area (Å²) in [6.07, 6.45) is 2.55. The Morgan fingerprint density at radius 3 is 2.74 bits per heavy atom. The van der Waals surface area contributed by atoms with Crippen LogP contribution in [0.1, 0.15) is 22.2 Å². The average molecular weight is 344 g/mol. The Balaban J connectivity index is 1.74. The number of hydrogen-bond acceptors (Lipinski definition) is 6. The normalized spacial score (nSPS) is 10.9. The number of aryl methyl sites for hydroxylation is 1. The third-order valence-electron chi connectivity index (χ3n) is 3.44. The molecular formula is C17H16N2O2S2. The molecule has 0 N–H and O–H groups in total. The van der Waals surface area contributed by atoms with E-state index in [-0.39, 0.29) is 5.78 Å². The zero-order valence-electron chi connectivity index (χ0n) is 12.9. The molecule has 23 heavy (non-hydrogen) atoms. The molecule has 0 unspecified atom stereocenters. The number of nitrogens with zero attached hydrogens (tertiary/aromatic N) is 2. The Morgan fingerprint density at radius 1 is 1.26 bits per heavy atom. The number of thiophene rings is 1. The monoisotopic (exact) mass is 344 g/mol. The maximum absolute atomic E-state index is 12.3. The number of carbonyl (C=O) groups excluding carboxylic acids is 1. The van der Waals surface area contributed by atoms with E-state index in [2.05, 4.69) is 23.0 Å². The number of carbonyl (C=O) groups is 1. The van der Waals surface area contributed by atoms with Gasteiger partial charge in [-0.15, -0.1) is 11.3 Å². The number of thioether (sulfide) groups is 1. The SMILES string of the molecule is CCc1cc2c(SCC(=O)c3ccc(OC)cc3)ncnc2s1. The fraction of sp³-hybridized carbons (Fsp3) is 0.235. The number of ketones is 1. The summed E-state index contributed by atoms with van der Waals surface area (Å²) in [5, 5.41) is 1.91. The summed E-state index contributed by atoms with van der Waals surface area (Å²) in [5.41, 5.74) is 0.683. The number of methoxy groups -OCH3 is 1. The van der Waals surface area contributed by atoms with Gasteiger partial charge in [0.2, 0.25) is 0 Å². The van der Waals surface area contributed by atoms with Crippen LogP contribution in [0.25, 0.3) is 10.2 Å². The summed E-state index contributed by atoms with van der Waals surface area (Å²) in [4.78, 5) is 23.2. The van der Waals surface area contributed by atoms with E-state index in [1.54, 1.807) is 49.0 Å². The van der Waals surface area contributed by atoms with Crippen molar-refractivity contribution in [3.05, 3.63) is 47.1 Å². The molecule has 1 aromatic carbocycles. The first-order valence-corrected chi connectivity index (χ1v) is 9.05. The van der Waals surface area contributed by atoms with Gasteiger partial charge in [0, 0.05) is 15.8 Å². The lowest BCUT2D eigenvalue weighted by Gasteiger charge is -2.03. The van der Waals surface area contributed by atoms with Gasteiger partial charge in [-0.3, -0.25) is 4.79 Å². The number of Topliss-reactive ketones (excluding diaryl/α,β-unsaturated/α-hetero) is 1. The molecule has 0 radical (unpaired) electrons. The van der Waals surface area contributed by atoms with E-state index in [4.69, 9.17) is 4.74 Å². The highest BCUT2D eigenvalue weighted by atomic mass is 32.2. The molecule has 2 aromatic heterocycles. The molecule has 3 rings (SSSR count). The molecule has 0 bridgehead atoms. The van der Waals surface area contributed by atoms with Crippen molar-refractivity contribution in [3.63, 3.8) is 0 Å². The molecule has 118 valence electrons. The molecule has 0 saturated carbocycles. The van der Waals surface area contributed by atoms with Gasteiger partial charge in [-0.05, 0) is 36.8 Å². The van der Waals surface area contributed by atoms with Gasteiger partial charge in [-0.25, -0.2) is 9.97 Å². The van der Waals surface area contributed by atoms with E-state index in [0.29, 0.717) is 11.3 Å². The van der Waals surface area contributed by atoms with E-state index in [0.717, 1.165) is 27.4 Å². The summed E-state index contributed by atoms with van der Waals surface area (Å²) in [5.74, 6) is 1.18. The lowest BCUT2D eigenvalue weighted by molar-refractivity contribution is 0.102. The van der Waals surface area contributed by atoms with Crippen LogP contribution in [0.15, 0.2) is 41.7 Å². The second kappa shape index (κ2) is 7.10. The maximum atomic E-state index is 12.3. The fourth-order valence-corrected chi connectivity index (χ4v) is 4.03. The van der Waals surface area contributed by atoms with Gasteiger partial charge >= 0.3 is 0 Å². The zero-order valence-corrected chi connectivity index (χ0v) is 14.5. The van der Waals surface area contributed by atoms with Crippen LogP contribution in [-0.4, -0.2) is 28.6 Å². The van der Waals surface area contributed by atoms with Gasteiger partial charge in [0.05, 0.1) is 12.9 Å². The minimum Gasteiger partial charge on any atom is -0.497 e. The fourth-order valence-electron chi connectivity index (χ4n) is 2.17. The molecule has 0 aliphatic heterocycles. The Labute approximate surface area is 142 Å². The minimum atomic E-state index is 0.0790. The largest absolute Gasteiger partial charge is 0.497 e. The van der Waals surface area contributed by atoms with E-state index in [1.807, 2.05) is 0 Å². The number of rotatable bonds is 6. The molecule has 0 aliphatic carbocycles. The van der Waals surface area contributed by atoms with Gasteiger partial charge in [0.15, 0.2) is 5.78 Å². The first-order valence-electron chi connectivity index (χ1n) is 7.24. The molecule has 6 heteroatoms. The van der Waals surface area contributed by atoms with Crippen LogP contribution in [0.2, 0.25) is 0 Å². The molecule has 2 heterocycles. The van der Waals surface area contributed by atoms with Crippen molar-refractivity contribution in [2.45, 2.75) is 18.4 Å². The predicted octanol–water partition coefficient (Wildman–Crippen LogP) is 4.24. The molecule has 0 aliphatic rings. The lowest BCUT2D eigenvalue weighted by atomic mass is 10.1. The first-order chi connectivity index (χ1) is 11.2. The molecule has 0 saturated heterocycles. The highest BCUT2D eigenvalue weighted by Gasteiger charge is 2.12. The first kappa shape index (κ1) is 16.0. The van der Waals surface area contributed by atoms with E-state index in [9.17, 15) is 4.79 Å². The predicted molar refractivity (Wildman–Crippen MR) is 94.8 cm³/mol. The van der Waals surface area contributed by atoms with Crippen LogP contribution in [0.4, 0.5) is 0 Å². The van der Waals surface area contributed by atoms with Gasteiger partial charge in [-0.1, -0.05) is 18.7 Å². The van der Waals surface area contributed by atoms with Gasteiger partial charge in [0.1, 0.15) is 21.9 Å². The highest BCUT2D eigenvalue weighted by molar-refractivity contribution is 8.00. The van der Waals surface area contributed by atoms with Crippen molar-refractivity contribution < 1.29 is 9.53 Å². The van der Waals surface area contributed by atoms with Crippen LogP contribution in [0.5, 0.6) is 5.75 Å². The second-order valence-corrected chi connectivity index (χ2v) is 6.98. The number of benzene rings is 1. The number of ether oxygens (including phenoxy) is 1. The highest BCUT2D eigenvalue weighted by Crippen LogP contribution is 2.31. The van der Waals surface area contributed by atoms with Gasteiger partial charge in [0.25, 0.3) is 0 Å². The number of hydrogen-bond donors (Lipinski definition) is 0. The van der Waals surface area contributed by atoms with Crippen molar-refractivity contribution in [3.8, 4) is 5.75 Å². The summed E-state index contributed by atoms with van der Waals surface area (Å²) in [7, 11) is 1.61. The third kappa shape index (κ3) is 3.54. The van der Waals surface area contributed by atoms with E-state index >= 15 is 0 Å². The Hall–Kier alpha value is -1.92. The summed E-state index contributed by atoms with van der Waals surface area (Å²) >= 11 is 3.14. The van der Waals surface area contributed by atoms with Gasteiger partial charge < -0.3 is 4.74 Å². The Morgan fingerprint density at radius 2 is 2.04 bits per heavy atom. The molecule has 4 nitrogen and oxygen atoms in total. The van der Waals surface area contributed by atoms with Crippen LogP contribution in [0.3, 0.4) is 0 Å². The topological polar surface area (TPSA) is 52.1 Å². The average Bonchev–Trinajstić information content (AvgIpc) is 3.03. The number of aromatic nitrogens is 2. The lowest BCUT2D eigenvalue weighted by Crippen LogP contribution is -2.02. The van der Waals surface area contributed by atoms with Crippen molar-refractivity contribution in [2.75, 3.05) is 12.9 Å². The van der Waals surface area contributed by atoms with E-state index in [1.165, 1.54) is 16.6 Å². The minimum absolute atomic E-state index is 0.0790. The maximum Gasteiger partial charge on any atom is 0.173 e. The molecular weight excluding hydrogens is 328 g/mol. The summed E-state index contributed by atoms with van der Waals surface area (Å²) in [6.45, 7) is 2.12. The Bertz CT molecular complexity index is 828. The Kier molecular flexibility index (Phi) is 4.93. The molecule has 3 aromatic rings. The molecule has 0 atom stereocenters. The second-order valence-electron chi connectivity index (χ2n) is 4.90. The van der Waals surface area contributed by atoms with Crippen molar-refractivity contribution in [1.29, 1.82) is 0 Å². The van der Waals surface area contributed by atoms with Crippen LogP contribution >= 0.6 is 23.1 Å². The molecule has 0 fully saturated rings. The van der Waals surface area contributed by atoms with Crippen molar-refractivity contribution in [2.24, 2.45) is 0 Å². The quantitative estimate of drug-likeness (QED) is 0.380. The summed E-state index contributed by atoms with van der Waals surface area (Å²) in [6, 6.07) is 9.30. The van der Waals surface area contributed by atoms with Crippen LogP contribution in [-0.2, 0) is 6.42 Å². The molecule has 0 amide bonds.